The van der Waals surface area contributed by atoms with Gasteiger partial charge in [-0.1, -0.05) is 12.1 Å². The van der Waals surface area contributed by atoms with Crippen LogP contribution in [0.4, 0.5) is 10.1 Å². The molecule has 0 heterocycles. The number of hydrogen-bond donors (Lipinski definition) is 3. The number of nitro groups is 1. The zero-order valence-electron chi connectivity index (χ0n) is 12.6. The number of nitrogens with zero attached hydrogens (tertiary/aromatic N) is 1. The highest BCUT2D eigenvalue weighted by molar-refractivity contribution is 9.10. The third-order valence-electron chi connectivity index (χ3n) is 3.06. The van der Waals surface area contributed by atoms with E-state index < -0.39 is 10.8 Å². The molecule has 0 aliphatic carbocycles. The summed E-state index contributed by atoms with van der Waals surface area (Å²) in [7, 11) is 0. The van der Waals surface area contributed by atoms with E-state index in [0.717, 1.165) is 11.6 Å². The minimum absolute atomic E-state index is 0.101. The van der Waals surface area contributed by atoms with E-state index in [1.165, 1.54) is 24.3 Å². The molecule has 0 aliphatic heterocycles. The van der Waals surface area contributed by atoms with Crippen LogP contribution in [0.3, 0.4) is 0 Å². The number of benzene rings is 2. The van der Waals surface area contributed by atoms with Crippen molar-refractivity contribution in [2.45, 2.75) is 6.54 Å². The predicted octanol–water partition coefficient (Wildman–Crippen LogP) is 2.81. The molecule has 0 unspecified atom stereocenters. The molecular weight excluding hydrogens is 415 g/mol. The van der Waals surface area contributed by atoms with Gasteiger partial charge in [-0.15, -0.1) is 0 Å². The Morgan fingerprint density at radius 3 is 2.52 bits per heavy atom. The molecule has 2 aromatic rings. The van der Waals surface area contributed by atoms with Crippen molar-refractivity contribution >= 4 is 44.9 Å². The Morgan fingerprint density at radius 2 is 1.88 bits per heavy atom. The minimum Gasteiger partial charge on any atom is -0.357 e. The van der Waals surface area contributed by atoms with Crippen LogP contribution < -0.4 is 16.2 Å². The molecule has 3 N–H and O–H groups in total. The lowest BCUT2D eigenvalue weighted by Crippen LogP contribution is -2.46. The molecule has 7 nitrogen and oxygen atoms in total. The van der Waals surface area contributed by atoms with Gasteiger partial charge in [-0.25, -0.2) is 4.39 Å². The predicted molar refractivity (Wildman–Crippen MR) is 97.2 cm³/mol. The van der Waals surface area contributed by atoms with Crippen molar-refractivity contribution in [2.75, 3.05) is 0 Å². The highest BCUT2D eigenvalue weighted by atomic mass is 79.9. The Hall–Kier alpha value is -2.59. The fraction of sp³-hybridized carbons (Fsp3) is 0.0667. The van der Waals surface area contributed by atoms with Crippen LogP contribution >= 0.6 is 28.1 Å². The van der Waals surface area contributed by atoms with Crippen LogP contribution in [-0.2, 0) is 6.54 Å². The van der Waals surface area contributed by atoms with Crippen LogP contribution in [0.25, 0.3) is 0 Å². The summed E-state index contributed by atoms with van der Waals surface area (Å²) >= 11 is 8.05. The summed E-state index contributed by atoms with van der Waals surface area (Å²) in [5.41, 5.74) is 5.52. The fourth-order valence-electron chi connectivity index (χ4n) is 1.81. The molecule has 0 radical (unpaired) electrons. The molecule has 0 saturated carbocycles. The quantitative estimate of drug-likeness (QED) is 0.395. The molecule has 0 spiro atoms. The maximum absolute atomic E-state index is 12.8. The van der Waals surface area contributed by atoms with E-state index in [2.05, 4.69) is 32.1 Å². The molecular formula is C15H12BrFN4O3S. The van der Waals surface area contributed by atoms with E-state index >= 15 is 0 Å². The third-order valence-corrected chi connectivity index (χ3v) is 3.98. The van der Waals surface area contributed by atoms with Crippen LogP contribution in [0, 0.1) is 15.9 Å². The molecule has 0 saturated heterocycles. The van der Waals surface area contributed by atoms with Gasteiger partial charge in [-0.05, 0) is 58.0 Å². The summed E-state index contributed by atoms with van der Waals surface area (Å²) < 4.78 is 13.1. The zero-order valence-corrected chi connectivity index (χ0v) is 15.0. The van der Waals surface area contributed by atoms with Crippen molar-refractivity contribution in [2.24, 2.45) is 0 Å². The average Bonchev–Trinajstić information content (AvgIpc) is 2.59. The Kier molecular flexibility index (Phi) is 6.37. The Morgan fingerprint density at radius 1 is 1.20 bits per heavy atom. The summed E-state index contributed by atoms with van der Waals surface area (Å²) in [6, 6.07) is 9.86. The summed E-state index contributed by atoms with van der Waals surface area (Å²) in [6.45, 7) is 0.339. The van der Waals surface area contributed by atoms with E-state index in [-0.39, 0.29) is 26.7 Å². The monoisotopic (exact) mass is 426 g/mol. The van der Waals surface area contributed by atoms with Crippen molar-refractivity contribution in [3.05, 3.63) is 74.0 Å². The number of amides is 1. The van der Waals surface area contributed by atoms with Crippen LogP contribution in [0.15, 0.2) is 46.9 Å². The SMILES string of the molecule is O=C(NNC(=S)NCc1ccc(F)cc1)c1ccc(Br)c([N+](=O)[O-])c1. The standard InChI is InChI=1S/C15H12BrFN4O3S/c16-12-6-3-10(7-13(12)21(23)24)14(22)19-20-15(25)18-8-9-1-4-11(17)5-2-9/h1-7H,8H2,(H,19,22)(H2,18,20,25). The van der Waals surface area contributed by atoms with Gasteiger partial charge in [0.05, 0.1) is 9.40 Å². The van der Waals surface area contributed by atoms with E-state index in [9.17, 15) is 19.3 Å². The highest BCUT2D eigenvalue weighted by Crippen LogP contribution is 2.25. The molecule has 0 atom stereocenters. The number of nitrogens with one attached hydrogen (secondary N) is 3. The summed E-state index contributed by atoms with van der Waals surface area (Å²) in [4.78, 5) is 22.3. The lowest BCUT2D eigenvalue weighted by atomic mass is 10.2. The van der Waals surface area contributed by atoms with E-state index in [1.807, 2.05) is 0 Å². The number of nitro benzene ring substituents is 1. The van der Waals surface area contributed by atoms with Gasteiger partial charge in [0.1, 0.15) is 5.82 Å². The summed E-state index contributed by atoms with van der Waals surface area (Å²) in [5, 5.41) is 13.9. The number of hydrogen-bond acceptors (Lipinski definition) is 4. The van der Waals surface area contributed by atoms with Crippen molar-refractivity contribution < 1.29 is 14.1 Å². The van der Waals surface area contributed by atoms with E-state index in [4.69, 9.17) is 12.2 Å². The van der Waals surface area contributed by atoms with Gasteiger partial charge in [-0.3, -0.25) is 25.8 Å². The maximum Gasteiger partial charge on any atom is 0.284 e. The number of rotatable bonds is 4. The average molecular weight is 427 g/mol. The van der Waals surface area contributed by atoms with Crippen molar-refractivity contribution in [3.63, 3.8) is 0 Å². The van der Waals surface area contributed by atoms with Gasteiger partial charge in [0.2, 0.25) is 0 Å². The lowest BCUT2D eigenvalue weighted by Gasteiger charge is -2.11. The topological polar surface area (TPSA) is 96.3 Å². The molecule has 0 aromatic heterocycles. The second-order valence-electron chi connectivity index (χ2n) is 4.81. The Balaban J connectivity index is 1.87. The van der Waals surface area contributed by atoms with Crippen molar-refractivity contribution in [1.29, 1.82) is 0 Å². The summed E-state index contributed by atoms with van der Waals surface area (Å²) in [5.74, 6) is -0.915. The van der Waals surface area contributed by atoms with Gasteiger partial charge in [0.15, 0.2) is 5.11 Å². The molecule has 0 aliphatic rings. The number of hydrazine groups is 1. The molecule has 0 bridgehead atoms. The first-order chi connectivity index (χ1) is 11.9. The maximum atomic E-state index is 12.8. The minimum atomic E-state index is -0.594. The second-order valence-corrected chi connectivity index (χ2v) is 6.07. The Bertz CT molecular complexity index is 817. The van der Waals surface area contributed by atoms with Crippen molar-refractivity contribution in [3.8, 4) is 0 Å². The molecule has 130 valence electrons. The van der Waals surface area contributed by atoms with Crippen LogP contribution in [0.2, 0.25) is 0 Å². The number of halogens is 2. The fourth-order valence-corrected chi connectivity index (χ4v) is 2.32. The highest BCUT2D eigenvalue weighted by Gasteiger charge is 2.16. The third kappa shape index (κ3) is 5.47. The zero-order chi connectivity index (χ0) is 18.4. The first-order valence-electron chi connectivity index (χ1n) is 6.89. The number of carbonyl (C=O) groups is 1. The lowest BCUT2D eigenvalue weighted by molar-refractivity contribution is -0.385. The van der Waals surface area contributed by atoms with Gasteiger partial charge >= 0.3 is 0 Å². The number of carbonyl (C=O) groups excluding carboxylic acids is 1. The molecule has 1 amide bonds. The molecule has 25 heavy (non-hydrogen) atoms. The van der Waals surface area contributed by atoms with Gasteiger partial charge in [0, 0.05) is 18.2 Å². The normalized spacial score (nSPS) is 10.0. The molecule has 2 rings (SSSR count). The van der Waals surface area contributed by atoms with Crippen LogP contribution in [0.1, 0.15) is 15.9 Å². The first kappa shape index (κ1) is 18.7. The Labute approximate surface area is 155 Å². The molecule has 10 heteroatoms. The van der Waals surface area contributed by atoms with E-state index in [1.54, 1.807) is 12.1 Å². The molecule has 0 fully saturated rings. The largest absolute Gasteiger partial charge is 0.357 e. The van der Waals surface area contributed by atoms with Gasteiger partial charge < -0.3 is 5.32 Å². The van der Waals surface area contributed by atoms with Gasteiger partial charge in [0.25, 0.3) is 11.6 Å². The van der Waals surface area contributed by atoms with E-state index in [0.29, 0.717) is 6.54 Å². The molecule has 2 aromatic carbocycles. The first-order valence-corrected chi connectivity index (χ1v) is 8.09. The van der Waals surface area contributed by atoms with Crippen LogP contribution in [0.5, 0.6) is 0 Å². The van der Waals surface area contributed by atoms with Crippen LogP contribution in [-0.4, -0.2) is 15.9 Å². The second kappa shape index (κ2) is 8.49. The van der Waals surface area contributed by atoms with Gasteiger partial charge in [-0.2, -0.15) is 0 Å². The van der Waals surface area contributed by atoms with Crippen molar-refractivity contribution in [1.82, 2.24) is 16.2 Å². The smallest absolute Gasteiger partial charge is 0.284 e. The number of thiocarbonyl (C=S) groups is 1. The summed E-state index contributed by atoms with van der Waals surface area (Å²) in [6.07, 6.45) is 0.